The van der Waals surface area contributed by atoms with Gasteiger partial charge in [0.05, 0.1) is 28.4 Å². The molecule has 1 aromatic heterocycles. The monoisotopic (exact) mass is 469 g/mol. The molecule has 8 heteroatoms. The Bertz CT molecular complexity index is 1050. The molecule has 2 aromatic carbocycles. The molecule has 0 bridgehead atoms. The van der Waals surface area contributed by atoms with E-state index in [4.69, 9.17) is 18.9 Å². The van der Waals surface area contributed by atoms with Crippen molar-refractivity contribution >= 4 is 11.8 Å². The van der Waals surface area contributed by atoms with E-state index in [1.807, 2.05) is 24.3 Å². The van der Waals surface area contributed by atoms with Gasteiger partial charge >= 0.3 is 0 Å². The molecular weight excluding hydrogens is 438 g/mol. The van der Waals surface area contributed by atoms with Crippen LogP contribution in [0.15, 0.2) is 41.6 Å². The average Bonchev–Trinajstić information content (AvgIpc) is 3.31. The summed E-state index contributed by atoms with van der Waals surface area (Å²) in [7, 11) is 6.55. The lowest BCUT2D eigenvalue weighted by Gasteiger charge is -2.26. The van der Waals surface area contributed by atoms with Crippen LogP contribution in [-0.2, 0) is 5.75 Å². The highest BCUT2D eigenvalue weighted by molar-refractivity contribution is 7.98. The SMILES string of the molecule is COc1cccc(CSc2nnc(-c3cc(OC)c(OC)c(OC)c3)n2C2CCCCC2)c1. The van der Waals surface area contributed by atoms with Gasteiger partial charge in [-0.05, 0) is 42.7 Å². The number of rotatable bonds is 9. The fourth-order valence-electron chi connectivity index (χ4n) is 4.36. The van der Waals surface area contributed by atoms with Crippen LogP contribution in [0.2, 0.25) is 0 Å². The van der Waals surface area contributed by atoms with Crippen LogP contribution in [0.3, 0.4) is 0 Å². The Labute approximate surface area is 199 Å². The van der Waals surface area contributed by atoms with E-state index in [-0.39, 0.29) is 0 Å². The number of nitrogens with zero attached hydrogens (tertiary/aromatic N) is 3. The molecule has 3 aromatic rings. The van der Waals surface area contributed by atoms with Crippen molar-refractivity contribution in [3.63, 3.8) is 0 Å². The van der Waals surface area contributed by atoms with Crippen LogP contribution in [0.4, 0.5) is 0 Å². The first-order chi connectivity index (χ1) is 16.2. The Hall–Kier alpha value is -2.87. The van der Waals surface area contributed by atoms with Crippen LogP contribution >= 0.6 is 11.8 Å². The van der Waals surface area contributed by atoms with Gasteiger partial charge in [-0.15, -0.1) is 10.2 Å². The van der Waals surface area contributed by atoms with Crippen LogP contribution in [0.25, 0.3) is 11.4 Å². The molecule has 0 aliphatic heterocycles. The van der Waals surface area contributed by atoms with E-state index in [0.29, 0.717) is 23.3 Å². The highest BCUT2D eigenvalue weighted by Gasteiger charge is 2.25. The van der Waals surface area contributed by atoms with E-state index in [9.17, 15) is 0 Å². The zero-order valence-corrected chi connectivity index (χ0v) is 20.5. The number of aromatic nitrogens is 3. The minimum absolute atomic E-state index is 0.371. The van der Waals surface area contributed by atoms with Gasteiger partial charge < -0.3 is 18.9 Å². The van der Waals surface area contributed by atoms with Gasteiger partial charge in [0.25, 0.3) is 0 Å². The van der Waals surface area contributed by atoms with E-state index >= 15 is 0 Å². The van der Waals surface area contributed by atoms with E-state index in [1.54, 1.807) is 40.2 Å². The number of hydrogen-bond acceptors (Lipinski definition) is 7. The quantitative estimate of drug-likeness (QED) is 0.368. The molecule has 1 heterocycles. The fraction of sp³-hybridized carbons (Fsp3) is 0.440. The van der Waals surface area contributed by atoms with Gasteiger partial charge in [-0.2, -0.15) is 0 Å². The number of methoxy groups -OCH3 is 4. The number of ether oxygens (including phenoxy) is 4. The second-order valence-corrected chi connectivity index (χ2v) is 8.96. The van der Waals surface area contributed by atoms with Gasteiger partial charge in [-0.25, -0.2) is 0 Å². The van der Waals surface area contributed by atoms with Gasteiger partial charge in [-0.3, -0.25) is 4.57 Å². The van der Waals surface area contributed by atoms with E-state index in [2.05, 4.69) is 26.9 Å². The number of benzene rings is 2. The molecule has 0 amide bonds. The molecule has 1 aliphatic rings. The maximum atomic E-state index is 5.58. The van der Waals surface area contributed by atoms with Crippen LogP contribution in [0.1, 0.15) is 43.7 Å². The van der Waals surface area contributed by atoms with Crippen molar-refractivity contribution < 1.29 is 18.9 Å². The normalized spacial score (nSPS) is 14.2. The van der Waals surface area contributed by atoms with Crippen LogP contribution < -0.4 is 18.9 Å². The first-order valence-corrected chi connectivity index (χ1v) is 12.2. The molecule has 0 spiro atoms. The Kier molecular flexibility index (Phi) is 7.65. The largest absolute Gasteiger partial charge is 0.497 e. The molecule has 0 atom stereocenters. The Balaban J connectivity index is 1.72. The molecule has 1 aliphatic carbocycles. The van der Waals surface area contributed by atoms with Gasteiger partial charge in [-0.1, -0.05) is 43.2 Å². The van der Waals surface area contributed by atoms with Crippen molar-refractivity contribution in [1.82, 2.24) is 14.8 Å². The summed E-state index contributed by atoms with van der Waals surface area (Å²) < 4.78 is 24.3. The lowest BCUT2D eigenvalue weighted by molar-refractivity contribution is 0.324. The molecular formula is C25H31N3O4S. The van der Waals surface area contributed by atoms with E-state index < -0.39 is 0 Å². The standard InChI is InChI=1S/C25H31N3O4S/c1-29-20-12-8-9-17(13-20)16-33-25-27-26-24(28(25)19-10-6-5-7-11-19)18-14-21(30-2)23(32-4)22(15-18)31-3/h8-9,12-15,19H,5-7,10-11,16H2,1-4H3. The molecule has 0 saturated heterocycles. The smallest absolute Gasteiger partial charge is 0.203 e. The van der Waals surface area contributed by atoms with Gasteiger partial charge in [0, 0.05) is 17.4 Å². The molecule has 4 rings (SSSR count). The fourth-order valence-corrected chi connectivity index (χ4v) is 5.31. The van der Waals surface area contributed by atoms with Crippen LogP contribution in [-0.4, -0.2) is 43.2 Å². The average molecular weight is 470 g/mol. The predicted octanol–water partition coefficient (Wildman–Crippen LogP) is 5.78. The predicted molar refractivity (Wildman–Crippen MR) is 130 cm³/mol. The molecule has 7 nitrogen and oxygen atoms in total. The third-order valence-corrected chi connectivity index (χ3v) is 7.04. The maximum Gasteiger partial charge on any atom is 0.203 e. The molecule has 0 N–H and O–H groups in total. The summed E-state index contributed by atoms with van der Waals surface area (Å²) in [5.41, 5.74) is 2.09. The second-order valence-electron chi connectivity index (χ2n) is 8.02. The summed E-state index contributed by atoms with van der Waals surface area (Å²) >= 11 is 1.70. The molecule has 1 fully saturated rings. The van der Waals surface area contributed by atoms with Crippen LogP contribution in [0, 0.1) is 0 Å². The topological polar surface area (TPSA) is 67.6 Å². The number of thioether (sulfide) groups is 1. The van der Waals surface area contributed by atoms with Crippen LogP contribution in [0.5, 0.6) is 23.0 Å². The van der Waals surface area contributed by atoms with Crippen molar-refractivity contribution in [1.29, 1.82) is 0 Å². The van der Waals surface area contributed by atoms with Crippen molar-refractivity contribution in [2.45, 2.75) is 49.1 Å². The van der Waals surface area contributed by atoms with E-state index in [1.165, 1.54) is 24.8 Å². The highest BCUT2D eigenvalue weighted by atomic mass is 32.2. The van der Waals surface area contributed by atoms with Gasteiger partial charge in [0.1, 0.15) is 5.75 Å². The summed E-state index contributed by atoms with van der Waals surface area (Å²) in [5, 5.41) is 10.2. The zero-order chi connectivity index (χ0) is 23.2. The first-order valence-electron chi connectivity index (χ1n) is 11.2. The van der Waals surface area contributed by atoms with Gasteiger partial charge in [0.15, 0.2) is 22.5 Å². The Morgan fingerprint density at radius 2 is 1.61 bits per heavy atom. The second kappa shape index (κ2) is 10.8. The first kappa shape index (κ1) is 23.3. The summed E-state index contributed by atoms with van der Waals surface area (Å²) in [5.74, 6) is 4.26. The maximum absolute atomic E-state index is 5.58. The summed E-state index contributed by atoms with van der Waals surface area (Å²) in [6.07, 6.45) is 5.98. The number of hydrogen-bond donors (Lipinski definition) is 0. The summed E-state index contributed by atoms with van der Waals surface area (Å²) in [4.78, 5) is 0. The minimum Gasteiger partial charge on any atom is -0.497 e. The van der Waals surface area contributed by atoms with Crippen molar-refractivity contribution in [2.24, 2.45) is 0 Å². The van der Waals surface area contributed by atoms with Crippen molar-refractivity contribution in [3.05, 3.63) is 42.0 Å². The van der Waals surface area contributed by atoms with E-state index in [0.717, 1.165) is 40.9 Å². The highest BCUT2D eigenvalue weighted by Crippen LogP contribution is 2.43. The lowest BCUT2D eigenvalue weighted by Crippen LogP contribution is -2.15. The third kappa shape index (κ3) is 5.05. The Morgan fingerprint density at radius 1 is 0.879 bits per heavy atom. The third-order valence-electron chi connectivity index (χ3n) is 6.03. The summed E-state index contributed by atoms with van der Waals surface area (Å²) in [6, 6.07) is 12.4. The molecule has 33 heavy (non-hydrogen) atoms. The zero-order valence-electron chi connectivity index (χ0n) is 19.7. The molecule has 0 unspecified atom stereocenters. The molecule has 176 valence electrons. The van der Waals surface area contributed by atoms with Gasteiger partial charge in [0.2, 0.25) is 5.75 Å². The van der Waals surface area contributed by atoms with Crippen molar-refractivity contribution in [3.8, 4) is 34.4 Å². The lowest BCUT2D eigenvalue weighted by atomic mass is 9.95. The Morgan fingerprint density at radius 3 is 2.24 bits per heavy atom. The minimum atomic E-state index is 0.371. The summed E-state index contributed by atoms with van der Waals surface area (Å²) in [6.45, 7) is 0. The molecule has 0 radical (unpaired) electrons. The molecule has 1 saturated carbocycles. The van der Waals surface area contributed by atoms with Crippen molar-refractivity contribution in [2.75, 3.05) is 28.4 Å².